The summed E-state index contributed by atoms with van der Waals surface area (Å²) in [5, 5.41) is 21.8. The van der Waals surface area contributed by atoms with Gasteiger partial charge in [0.1, 0.15) is 11.9 Å². The van der Waals surface area contributed by atoms with Crippen LogP contribution in [0.2, 0.25) is 0 Å². The maximum atomic E-state index is 9.60. The lowest BCUT2D eigenvalue weighted by molar-refractivity contribution is 0.104. The van der Waals surface area contributed by atoms with Crippen LogP contribution in [0.1, 0.15) is 31.2 Å². The third kappa shape index (κ3) is 3.11. The number of nitrogens with one attached hydrogen (secondary N) is 1. The van der Waals surface area contributed by atoms with Crippen LogP contribution in [-0.2, 0) is 0 Å². The first-order valence-corrected chi connectivity index (χ1v) is 6.26. The summed E-state index contributed by atoms with van der Waals surface area (Å²) >= 11 is 0. The van der Waals surface area contributed by atoms with Gasteiger partial charge in [0, 0.05) is 6.54 Å². The highest BCUT2D eigenvalue weighted by Gasteiger charge is 2.20. The smallest absolute Gasteiger partial charge is 0.144 e. The zero-order valence-corrected chi connectivity index (χ0v) is 10.3. The Kier molecular flexibility index (Phi) is 4.00. The number of anilines is 2. The highest BCUT2D eigenvalue weighted by atomic mass is 16.3. The average molecular weight is 246 g/mol. The summed E-state index contributed by atoms with van der Waals surface area (Å²) < 4.78 is 0. The summed E-state index contributed by atoms with van der Waals surface area (Å²) in [6.45, 7) is 0.739. The van der Waals surface area contributed by atoms with Crippen LogP contribution in [0.15, 0.2) is 12.3 Å². The number of aliphatic hydroxyl groups is 1. The summed E-state index contributed by atoms with van der Waals surface area (Å²) in [6, 6.07) is 3.69. The lowest BCUT2D eigenvalue weighted by Crippen LogP contribution is -2.25. The van der Waals surface area contributed by atoms with Gasteiger partial charge in [-0.25, -0.2) is 4.98 Å². The Hall–Kier alpha value is -1.80. The van der Waals surface area contributed by atoms with Crippen LogP contribution in [0.3, 0.4) is 0 Å². The molecule has 0 bridgehead atoms. The van der Waals surface area contributed by atoms with E-state index in [4.69, 9.17) is 11.0 Å². The zero-order chi connectivity index (χ0) is 13.0. The van der Waals surface area contributed by atoms with E-state index in [1.807, 2.05) is 0 Å². The van der Waals surface area contributed by atoms with E-state index in [2.05, 4.69) is 16.4 Å². The van der Waals surface area contributed by atoms with E-state index in [9.17, 15) is 5.11 Å². The molecular weight excluding hydrogens is 228 g/mol. The summed E-state index contributed by atoms with van der Waals surface area (Å²) in [7, 11) is 0. The Labute approximate surface area is 107 Å². The minimum absolute atomic E-state index is 0.180. The third-order valence-electron chi connectivity index (χ3n) is 3.34. The van der Waals surface area contributed by atoms with Crippen LogP contribution in [0.5, 0.6) is 0 Å². The van der Waals surface area contributed by atoms with Crippen LogP contribution in [0.4, 0.5) is 11.5 Å². The molecule has 1 aromatic heterocycles. The van der Waals surface area contributed by atoms with Crippen molar-refractivity contribution in [3.63, 3.8) is 0 Å². The van der Waals surface area contributed by atoms with Gasteiger partial charge < -0.3 is 16.2 Å². The van der Waals surface area contributed by atoms with Gasteiger partial charge in [-0.2, -0.15) is 5.26 Å². The van der Waals surface area contributed by atoms with E-state index < -0.39 is 0 Å². The van der Waals surface area contributed by atoms with Gasteiger partial charge in [-0.05, 0) is 31.2 Å². The molecule has 0 radical (unpaired) electrons. The topological polar surface area (TPSA) is 95.0 Å². The zero-order valence-electron chi connectivity index (χ0n) is 10.3. The summed E-state index contributed by atoms with van der Waals surface area (Å²) in [4.78, 5) is 4.13. The molecule has 0 saturated heterocycles. The number of nitrogens with two attached hydrogens (primary N) is 1. The number of pyridine rings is 1. The monoisotopic (exact) mass is 246 g/mol. The van der Waals surface area contributed by atoms with E-state index in [-0.39, 0.29) is 6.10 Å². The van der Waals surface area contributed by atoms with Crippen molar-refractivity contribution < 1.29 is 5.11 Å². The lowest BCUT2D eigenvalue weighted by atomic mass is 9.87. The Balaban J connectivity index is 1.96. The molecule has 1 saturated carbocycles. The van der Waals surface area contributed by atoms with Crippen molar-refractivity contribution in [3.05, 3.63) is 17.8 Å². The Morgan fingerprint density at radius 3 is 3.11 bits per heavy atom. The molecule has 2 atom stereocenters. The van der Waals surface area contributed by atoms with Crippen molar-refractivity contribution in [3.8, 4) is 6.07 Å². The van der Waals surface area contributed by atoms with Crippen LogP contribution in [0.25, 0.3) is 0 Å². The molecule has 0 aliphatic heterocycles. The number of hydrogen-bond donors (Lipinski definition) is 3. The van der Waals surface area contributed by atoms with Gasteiger partial charge in [0.2, 0.25) is 0 Å². The molecule has 0 aromatic carbocycles. The number of nitrogens with zero attached hydrogens (tertiary/aromatic N) is 2. The van der Waals surface area contributed by atoms with Gasteiger partial charge in [0.05, 0.1) is 23.6 Å². The molecule has 4 N–H and O–H groups in total. The number of rotatable bonds is 3. The minimum atomic E-state index is -0.180. The molecule has 1 fully saturated rings. The molecule has 1 aliphatic carbocycles. The average Bonchev–Trinajstić information content (AvgIpc) is 2.37. The van der Waals surface area contributed by atoms with Crippen LogP contribution in [-0.4, -0.2) is 22.7 Å². The molecule has 96 valence electrons. The molecular formula is C13H18N4O. The Bertz CT molecular complexity index is 455. The number of nitrogen functional groups attached to an aromatic ring is 1. The van der Waals surface area contributed by atoms with Crippen LogP contribution in [0, 0.1) is 17.2 Å². The first kappa shape index (κ1) is 12.7. The second-order valence-electron chi connectivity index (χ2n) is 4.84. The van der Waals surface area contributed by atoms with Gasteiger partial charge in [-0.15, -0.1) is 0 Å². The fourth-order valence-corrected chi connectivity index (χ4v) is 2.40. The molecule has 18 heavy (non-hydrogen) atoms. The van der Waals surface area contributed by atoms with Crippen molar-refractivity contribution in [1.82, 2.24) is 4.98 Å². The van der Waals surface area contributed by atoms with E-state index >= 15 is 0 Å². The number of hydrogen-bond acceptors (Lipinski definition) is 5. The van der Waals surface area contributed by atoms with Gasteiger partial charge in [-0.1, -0.05) is 6.42 Å². The molecule has 0 spiro atoms. The fraction of sp³-hybridized carbons (Fsp3) is 0.538. The van der Waals surface area contributed by atoms with E-state index in [1.165, 1.54) is 0 Å². The number of nitriles is 1. The van der Waals surface area contributed by atoms with Gasteiger partial charge in [0.25, 0.3) is 0 Å². The van der Waals surface area contributed by atoms with Crippen molar-refractivity contribution in [2.75, 3.05) is 17.6 Å². The van der Waals surface area contributed by atoms with E-state index in [0.29, 0.717) is 23.0 Å². The summed E-state index contributed by atoms with van der Waals surface area (Å²) in [5.41, 5.74) is 6.54. The number of aliphatic hydroxyl groups excluding tert-OH is 1. The molecule has 5 heteroatoms. The van der Waals surface area contributed by atoms with Crippen molar-refractivity contribution in [1.29, 1.82) is 5.26 Å². The van der Waals surface area contributed by atoms with Crippen LogP contribution >= 0.6 is 0 Å². The molecule has 1 aliphatic rings. The minimum Gasteiger partial charge on any atom is -0.397 e. The Morgan fingerprint density at radius 1 is 1.56 bits per heavy atom. The van der Waals surface area contributed by atoms with Gasteiger partial charge >= 0.3 is 0 Å². The lowest BCUT2D eigenvalue weighted by Gasteiger charge is -2.26. The second kappa shape index (κ2) is 5.69. The standard InChI is InChI=1S/C13H18N4O/c14-6-10-5-11(15)8-17-13(10)16-7-9-2-1-3-12(18)4-9/h5,8-9,12,18H,1-4,7,15H2,(H,16,17). The molecule has 1 heterocycles. The van der Waals surface area contributed by atoms with Gasteiger partial charge in [0.15, 0.2) is 0 Å². The van der Waals surface area contributed by atoms with Crippen molar-refractivity contribution >= 4 is 11.5 Å². The molecule has 0 amide bonds. The molecule has 2 unspecified atom stereocenters. The molecule has 5 nitrogen and oxygen atoms in total. The summed E-state index contributed by atoms with van der Waals surface area (Å²) in [6.07, 6.45) is 5.26. The first-order valence-electron chi connectivity index (χ1n) is 6.26. The fourth-order valence-electron chi connectivity index (χ4n) is 2.40. The maximum Gasteiger partial charge on any atom is 0.144 e. The Morgan fingerprint density at radius 2 is 2.39 bits per heavy atom. The third-order valence-corrected chi connectivity index (χ3v) is 3.34. The molecule has 1 aromatic rings. The largest absolute Gasteiger partial charge is 0.397 e. The van der Waals surface area contributed by atoms with E-state index in [1.54, 1.807) is 12.3 Å². The second-order valence-corrected chi connectivity index (χ2v) is 4.84. The van der Waals surface area contributed by atoms with Crippen molar-refractivity contribution in [2.45, 2.75) is 31.8 Å². The summed E-state index contributed by atoms with van der Waals surface area (Å²) in [5.74, 6) is 1.02. The highest BCUT2D eigenvalue weighted by Crippen LogP contribution is 2.25. The number of aromatic nitrogens is 1. The predicted molar refractivity (Wildman–Crippen MR) is 69.8 cm³/mol. The van der Waals surface area contributed by atoms with Crippen molar-refractivity contribution in [2.24, 2.45) is 5.92 Å². The SMILES string of the molecule is N#Cc1cc(N)cnc1NCC1CCCC(O)C1. The van der Waals surface area contributed by atoms with Crippen LogP contribution < -0.4 is 11.1 Å². The quantitative estimate of drug-likeness (QED) is 0.751. The maximum absolute atomic E-state index is 9.60. The highest BCUT2D eigenvalue weighted by molar-refractivity contribution is 5.57. The van der Waals surface area contributed by atoms with Gasteiger partial charge in [-0.3, -0.25) is 0 Å². The normalized spacial score (nSPS) is 23.3. The predicted octanol–water partition coefficient (Wildman–Crippen LogP) is 1.50. The van der Waals surface area contributed by atoms with E-state index in [0.717, 1.165) is 32.2 Å². The first-order chi connectivity index (χ1) is 8.69. The molecule has 2 rings (SSSR count).